The van der Waals surface area contributed by atoms with E-state index in [9.17, 15) is 19.5 Å². The number of hydrogen-bond acceptors (Lipinski definition) is 4. The summed E-state index contributed by atoms with van der Waals surface area (Å²) in [5.74, 6) is -1.01. The highest BCUT2D eigenvalue weighted by Crippen LogP contribution is 2.17. The van der Waals surface area contributed by atoms with Gasteiger partial charge in [0.25, 0.3) is 0 Å². The van der Waals surface area contributed by atoms with Crippen LogP contribution in [0.5, 0.6) is 0 Å². The number of piperazine rings is 1. The second-order valence-corrected chi connectivity index (χ2v) is 7.11. The molecular formula is C19H34N2O5. The topological polar surface area (TPSA) is 107 Å². The van der Waals surface area contributed by atoms with Crippen molar-refractivity contribution in [2.45, 2.75) is 89.7 Å². The second kappa shape index (κ2) is 12.7. The molecule has 1 fully saturated rings. The fraction of sp³-hybridized carbons (Fsp3) is 0.842. The molecule has 0 aromatic rings. The van der Waals surface area contributed by atoms with Gasteiger partial charge in [-0.15, -0.1) is 0 Å². The Bertz CT molecular complexity index is 455. The molecule has 0 spiro atoms. The highest BCUT2D eigenvalue weighted by molar-refractivity contribution is 5.94. The van der Waals surface area contributed by atoms with Gasteiger partial charge in [-0.05, 0) is 25.7 Å². The van der Waals surface area contributed by atoms with Crippen LogP contribution in [0.1, 0.15) is 77.6 Å². The molecule has 0 aromatic heterocycles. The van der Waals surface area contributed by atoms with Gasteiger partial charge in [-0.1, -0.05) is 45.4 Å². The van der Waals surface area contributed by atoms with E-state index in [1.807, 2.05) is 0 Å². The molecule has 150 valence electrons. The molecule has 0 aliphatic carbocycles. The molecule has 3 N–H and O–H groups in total. The lowest BCUT2D eigenvalue weighted by Gasteiger charge is -2.35. The zero-order chi connectivity index (χ0) is 19.4. The van der Waals surface area contributed by atoms with Crippen molar-refractivity contribution in [1.82, 2.24) is 10.2 Å². The molecule has 1 rings (SSSR count). The quantitative estimate of drug-likeness (QED) is 0.406. The van der Waals surface area contributed by atoms with E-state index in [0.29, 0.717) is 25.8 Å². The van der Waals surface area contributed by atoms with Crippen LogP contribution in [-0.2, 0) is 14.4 Å². The molecule has 26 heavy (non-hydrogen) atoms. The number of aliphatic carboxylic acids is 1. The van der Waals surface area contributed by atoms with E-state index in [2.05, 4.69) is 12.2 Å². The zero-order valence-corrected chi connectivity index (χ0v) is 15.9. The predicted molar refractivity (Wildman–Crippen MR) is 98.6 cm³/mol. The SMILES string of the molecule is CCCCCC(O)CCN1C(=O)CNC(=O)C1CCCCCCC(=O)O. The number of nitrogens with zero attached hydrogens (tertiary/aromatic N) is 1. The normalized spacial score (nSPS) is 18.7. The number of aliphatic hydroxyl groups is 1. The van der Waals surface area contributed by atoms with Crippen LogP contribution in [0.25, 0.3) is 0 Å². The summed E-state index contributed by atoms with van der Waals surface area (Å²) in [6, 6.07) is -0.474. The molecule has 2 amide bonds. The number of carbonyl (C=O) groups excluding carboxylic acids is 2. The maximum Gasteiger partial charge on any atom is 0.303 e. The van der Waals surface area contributed by atoms with E-state index in [-0.39, 0.29) is 24.8 Å². The van der Waals surface area contributed by atoms with Crippen molar-refractivity contribution in [1.29, 1.82) is 0 Å². The fourth-order valence-corrected chi connectivity index (χ4v) is 3.29. The van der Waals surface area contributed by atoms with Gasteiger partial charge in [-0.2, -0.15) is 0 Å². The minimum Gasteiger partial charge on any atom is -0.481 e. The summed E-state index contributed by atoms with van der Waals surface area (Å²) < 4.78 is 0. The van der Waals surface area contributed by atoms with Crippen molar-refractivity contribution in [2.24, 2.45) is 0 Å². The molecule has 7 nitrogen and oxygen atoms in total. The summed E-state index contributed by atoms with van der Waals surface area (Å²) in [6.07, 6.45) is 7.79. The third-order valence-electron chi connectivity index (χ3n) is 4.88. The van der Waals surface area contributed by atoms with Crippen molar-refractivity contribution < 1.29 is 24.6 Å². The molecule has 1 aliphatic rings. The first-order valence-electron chi connectivity index (χ1n) is 9.92. The molecule has 0 radical (unpaired) electrons. The lowest BCUT2D eigenvalue weighted by molar-refractivity contribution is -0.146. The van der Waals surface area contributed by atoms with Gasteiger partial charge in [0.15, 0.2) is 0 Å². The number of unbranched alkanes of at least 4 members (excludes halogenated alkanes) is 5. The Balaban J connectivity index is 2.39. The van der Waals surface area contributed by atoms with Gasteiger partial charge in [0.05, 0.1) is 12.6 Å². The Hall–Kier alpha value is -1.63. The first-order valence-corrected chi connectivity index (χ1v) is 9.92. The van der Waals surface area contributed by atoms with Crippen molar-refractivity contribution in [3.05, 3.63) is 0 Å². The number of carboxylic acid groups (broad SMARTS) is 1. The van der Waals surface area contributed by atoms with Crippen molar-refractivity contribution in [3.63, 3.8) is 0 Å². The average Bonchev–Trinajstić information content (AvgIpc) is 2.59. The lowest BCUT2D eigenvalue weighted by atomic mass is 10.0. The van der Waals surface area contributed by atoms with Gasteiger partial charge in [-0.25, -0.2) is 0 Å². The number of carboxylic acids is 1. The van der Waals surface area contributed by atoms with Crippen LogP contribution >= 0.6 is 0 Å². The van der Waals surface area contributed by atoms with E-state index < -0.39 is 18.1 Å². The molecule has 1 saturated heterocycles. The molecular weight excluding hydrogens is 336 g/mol. The first-order chi connectivity index (χ1) is 12.5. The zero-order valence-electron chi connectivity index (χ0n) is 15.9. The fourth-order valence-electron chi connectivity index (χ4n) is 3.29. The van der Waals surface area contributed by atoms with Gasteiger partial charge in [0.2, 0.25) is 11.8 Å². The summed E-state index contributed by atoms with van der Waals surface area (Å²) in [6.45, 7) is 2.55. The van der Waals surface area contributed by atoms with Crippen LogP contribution in [-0.4, -0.2) is 58.1 Å². The second-order valence-electron chi connectivity index (χ2n) is 7.11. The van der Waals surface area contributed by atoms with Crippen molar-refractivity contribution in [3.8, 4) is 0 Å². The monoisotopic (exact) mass is 370 g/mol. The maximum absolute atomic E-state index is 12.2. The van der Waals surface area contributed by atoms with E-state index in [1.165, 1.54) is 0 Å². The lowest BCUT2D eigenvalue weighted by Crippen LogP contribution is -2.58. The van der Waals surface area contributed by atoms with Crippen LogP contribution in [0.3, 0.4) is 0 Å². The summed E-state index contributed by atoms with van der Waals surface area (Å²) in [5, 5.41) is 21.3. The third kappa shape index (κ3) is 8.65. The molecule has 1 heterocycles. The molecule has 1 aliphatic heterocycles. The summed E-state index contributed by atoms with van der Waals surface area (Å²) >= 11 is 0. The molecule has 7 heteroatoms. The van der Waals surface area contributed by atoms with Crippen LogP contribution in [0.15, 0.2) is 0 Å². The van der Waals surface area contributed by atoms with Crippen LogP contribution in [0.4, 0.5) is 0 Å². The van der Waals surface area contributed by atoms with E-state index in [0.717, 1.165) is 44.9 Å². The Kier molecular flexibility index (Phi) is 10.9. The van der Waals surface area contributed by atoms with Crippen molar-refractivity contribution in [2.75, 3.05) is 13.1 Å². The average molecular weight is 370 g/mol. The van der Waals surface area contributed by atoms with Gasteiger partial charge >= 0.3 is 5.97 Å². The van der Waals surface area contributed by atoms with Crippen LogP contribution < -0.4 is 5.32 Å². The van der Waals surface area contributed by atoms with E-state index in [4.69, 9.17) is 5.11 Å². The number of hydrogen-bond donors (Lipinski definition) is 3. The number of carbonyl (C=O) groups is 3. The van der Waals surface area contributed by atoms with Gasteiger partial charge in [0, 0.05) is 13.0 Å². The van der Waals surface area contributed by atoms with Crippen molar-refractivity contribution >= 4 is 17.8 Å². The summed E-state index contributed by atoms with van der Waals surface area (Å²) in [4.78, 5) is 36.5. The van der Waals surface area contributed by atoms with Crippen LogP contribution in [0, 0.1) is 0 Å². The number of rotatable bonds is 14. The largest absolute Gasteiger partial charge is 0.481 e. The Morgan fingerprint density at radius 1 is 1.15 bits per heavy atom. The summed E-state index contributed by atoms with van der Waals surface area (Å²) in [5.41, 5.74) is 0. The maximum atomic E-state index is 12.2. The van der Waals surface area contributed by atoms with Gasteiger partial charge in [-0.3, -0.25) is 14.4 Å². The highest BCUT2D eigenvalue weighted by atomic mass is 16.4. The minimum absolute atomic E-state index is 0.0277. The smallest absolute Gasteiger partial charge is 0.303 e. The highest BCUT2D eigenvalue weighted by Gasteiger charge is 2.33. The Labute approximate surface area is 156 Å². The summed E-state index contributed by atoms with van der Waals surface area (Å²) in [7, 11) is 0. The standard InChI is InChI=1S/C19H34N2O5/c1-2-3-6-9-15(22)12-13-21-16(19(26)20-14-17(21)23)10-7-4-5-8-11-18(24)25/h15-16,22H,2-14H2,1H3,(H,20,26)(H,24,25). The Morgan fingerprint density at radius 2 is 1.88 bits per heavy atom. The van der Waals surface area contributed by atoms with Gasteiger partial charge < -0.3 is 20.4 Å². The molecule has 0 bridgehead atoms. The molecule has 0 aromatic carbocycles. The van der Waals surface area contributed by atoms with Gasteiger partial charge in [0.1, 0.15) is 6.04 Å². The number of aliphatic hydroxyl groups excluding tert-OH is 1. The van der Waals surface area contributed by atoms with E-state index in [1.54, 1.807) is 4.90 Å². The molecule has 2 unspecified atom stereocenters. The number of amides is 2. The number of nitrogens with one attached hydrogen (secondary N) is 1. The predicted octanol–water partition coefficient (Wildman–Crippen LogP) is 2.07. The first kappa shape index (κ1) is 22.4. The third-order valence-corrected chi connectivity index (χ3v) is 4.88. The molecule has 0 saturated carbocycles. The van der Waals surface area contributed by atoms with Crippen LogP contribution in [0.2, 0.25) is 0 Å². The minimum atomic E-state index is -0.786. The Morgan fingerprint density at radius 3 is 2.58 bits per heavy atom. The van der Waals surface area contributed by atoms with E-state index >= 15 is 0 Å². The molecule has 2 atom stereocenters.